The van der Waals surface area contributed by atoms with Crippen molar-refractivity contribution in [3.8, 4) is 28.7 Å². The molecule has 2 heterocycles. The van der Waals surface area contributed by atoms with Crippen LogP contribution in [-0.2, 0) is 26.4 Å². The zero-order chi connectivity index (χ0) is 39.8. The highest BCUT2D eigenvalue weighted by atomic mass is 32.2. The standard InChI is InChI=1S/C50H41NO6S2/c52-47-48(38-25-26-41(54-31-35-17-7-2-8-18-35)42(27-38)55-32-36-19-9-3-10-20-36)57-44-29-39(53-30-34-15-5-1-6-16-34)28-43(56-33-37-21-11-4-12-22-37)46(44)49(47)59-50-51-40-23-13-14-24-45(40)58-50/h1-29,47-49,52H,30-33H2/t47-,48+,49+/m0/s1. The molecule has 8 aromatic rings. The molecule has 3 atom stereocenters. The van der Waals surface area contributed by atoms with Gasteiger partial charge in [-0.3, -0.25) is 0 Å². The van der Waals surface area contributed by atoms with Gasteiger partial charge in [-0.15, -0.1) is 11.3 Å². The first-order valence-corrected chi connectivity index (χ1v) is 21.2. The average Bonchev–Trinajstić information content (AvgIpc) is 3.71. The van der Waals surface area contributed by atoms with Crippen LogP contribution in [0.1, 0.15) is 44.7 Å². The summed E-state index contributed by atoms with van der Waals surface area (Å²) in [7, 11) is 0. The first kappa shape index (κ1) is 38.3. The van der Waals surface area contributed by atoms with Crippen molar-refractivity contribution in [2.24, 2.45) is 0 Å². The van der Waals surface area contributed by atoms with E-state index in [0.717, 1.165) is 47.9 Å². The van der Waals surface area contributed by atoms with Crippen LogP contribution in [0.2, 0.25) is 0 Å². The van der Waals surface area contributed by atoms with E-state index in [0.29, 0.717) is 55.2 Å². The van der Waals surface area contributed by atoms with Crippen LogP contribution in [0, 0.1) is 0 Å². The Morgan fingerprint density at radius 2 is 1.07 bits per heavy atom. The third-order valence-corrected chi connectivity index (χ3v) is 12.4. The summed E-state index contributed by atoms with van der Waals surface area (Å²) in [4.78, 5) is 4.97. The lowest BCUT2D eigenvalue weighted by Gasteiger charge is -2.37. The van der Waals surface area contributed by atoms with Crippen LogP contribution in [0.25, 0.3) is 10.2 Å². The van der Waals surface area contributed by atoms with Gasteiger partial charge in [0.25, 0.3) is 0 Å². The predicted octanol–water partition coefficient (Wildman–Crippen LogP) is 11.9. The topological polar surface area (TPSA) is 79.3 Å². The molecule has 7 nitrogen and oxygen atoms in total. The van der Waals surface area contributed by atoms with E-state index in [1.54, 1.807) is 11.3 Å². The molecular weight excluding hydrogens is 775 g/mol. The third-order valence-electron chi connectivity index (χ3n) is 9.99. The van der Waals surface area contributed by atoms with Gasteiger partial charge in [0.15, 0.2) is 21.9 Å². The van der Waals surface area contributed by atoms with Crippen LogP contribution < -0.4 is 23.7 Å². The third kappa shape index (κ3) is 9.23. The molecular formula is C50H41NO6S2. The summed E-state index contributed by atoms with van der Waals surface area (Å²) in [5.41, 5.74) is 6.49. The van der Waals surface area contributed by atoms with Crippen LogP contribution in [0.3, 0.4) is 0 Å². The van der Waals surface area contributed by atoms with Gasteiger partial charge < -0.3 is 28.8 Å². The molecule has 1 aliphatic heterocycles. The van der Waals surface area contributed by atoms with E-state index in [1.807, 2.05) is 170 Å². The van der Waals surface area contributed by atoms with Crippen molar-refractivity contribution in [1.82, 2.24) is 4.98 Å². The highest BCUT2D eigenvalue weighted by Crippen LogP contribution is 2.55. The van der Waals surface area contributed by atoms with Gasteiger partial charge in [0.05, 0.1) is 21.0 Å². The summed E-state index contributed by atoms with van der Waals surface area (Å²) >= 11 is 3.11. The summed E-state index contributed by atoms with van der Waals surface area (Å²) in [5.74, 6) is 2.86. The molecule has 59 heavy (non-hydrogen) atoms. The lowest BCUT2D eigenvalue weighted by molar-refractivity contribution is 0.0170. The van der Waals surface area contributed by atoms with Gasteiger partial charge in [0.2, 0.25) is 0 Å². The van der Waals surface area contributed by atoms with Crippen LogP contribution in [0.15, 0.2) is 180 Å². The van der Waals surface area contributed by atoms with E-state index in [-0.39, 0.29) is 0 Å². The van der Waals surface area contributed by atoms with Crippen LogP contribution >= 0.6 is 23.1 Å². The molecule has 0 fully saturated rings. The molecule has 0 saturated carbocycles. The van der Waals surface area contributed by atoms with E-state index in [1.165, 1.54) is 11.8 Å². The SMILES string of the molecule is O[C@H]1[C@@H](c2ccc(OCc3ccccc3)c(OCc3ccccc3)c2)Oc2cc(OCc3ccccc3)cc(OCc3ccccc3)c2[C@H]1Sc1nc2ccccc2s1. The average molecular weight is 816 g/mol. The van der Waals surface area contributed by atoms with E-state index in [2.05, 4.69) is 6.07 Å². The smallest absolute Gasteiger partial charge is 0.162 e. The molecule has 1 aliphatic rings. The number of aromatic nitrogens is 1. The van der Waals surface area contributed by atoms with Gasteiger partial charge >= 0.3 is 0 Å². The van der Waals surface area contributed by atoms with Crippen LogP contribution in [0.4, 0.5) is 0 Å². The van der Waals surface area contributed by atoms with Gasteiger partial charge in [-0.1, -0.05) is 151 Å². The fraction of sp³-hybridized carbons (Fsp3) is 0.140. The number of hydrogen-bond donors (Lipinski definition) is 1. The molecule has 0 aliphatic carbocycles. The number of fused-ring (bicyclic) bond motifs is 2. The predicted molar refractivity (Wildman–Crippen MR) is 234 cm³/mol. The minimum atomic E-state index is -1.02. The normalized spacial score (nSPS) is 15.8. The second-order valence-corrected chi connectivity index (χ2v) is 16.6. The second-order valence-electron chi connectivity index (χ2n) is 14.2. The highest BCUT2D eigenvalue weighted by molar-refractivity contribution is 8.01. The number of para-hydroxylation sites is 1. The van der Waals surface area contributed by atoms with Gasteiger partial charge in [-0.25, -0.2) is 4.98 Å². The van der Waals surface area contributed by atoms with Crippen molar-refractivity contribution in [3.63, 3.8) is 0 Å². The molecule has 7 aromatic carbocycles. The molecule has 0 radical (unpaired) electrons. The number of ether oxygens (including phenoxy) is 5. The van der Waals surface area contributed by atoms with Crippen molar-refractivity contribution in [2.45, 2.75) is 48.2 Å². The first-order chi connectivity index (χ1) is 29.1. The van der Waals surface area contributed by atoms with Crippen molar-refractivity contribution in [1.29, 1.82) is 0 Å². The minimum absolute atomic E-state index is 0.319. The fourth-order valence-electron chi connectivity index (χ4n) is 6.98. The molecule has 0 saturated heterocycles. The number of thioether (sulfide) groups is 1. The zero-order valence-electron chi connectivity index (χ0n) is 32.1. The quantitative estimate of drug-likeness (QED) is 0.110. The van der Waals surface area contributed by atoms with E-state index in [4.69, 9.17) is 28.7 Å². The van der Waals surface area contributed by atoms with Crippen molar-refractivity contribution < 1.29 is 28.8 Å². The van der Waals surface area contributed by atoms with Gasteiger partial charge in [0.1, 0.15) is 49.8 Å². The maximum Gasteiger partial charge on any atom is 0.162 e. The fourth-order valence-corrected chi connectivity index (χ4v) is 9.45. The molecule has 0 unspecified atom stereocenters. The summed E-state index contributed by atoms with van der Waals surface area (Å²) in [6.45, 7) is 1.39. The lowest BCUT2D eigenvalue weighted by atomic mass is 9.93. The monoisotopic (exact) mass is 815 g/mol. The second kappa shape index (κ2) is 18.1. The van der Waals surface area contributed by atoms with Gasteiger partial charge in [-0.05, 0) is 52.1 Å². The Bertz CT molecular complexity index is 2570. The van der Waals surface area contributed by atoms with Gasteiger partial charge in [0, 0.05) is 12.1 Å². The van der Waals surface area contributed by atoms with Gasteiger partial charge in [-0.2, -0.15) is 0 Å². The number of aliphatic hydroxyl groups excluding tert-OH is 1. The lowest BCUT2D eigenvalue weighted by Crippen LogP contribution is -2.33. The Balaban J connectivity index is 1.10. The van der Waals surface area contributed by atoms with Crippen molar-refractivity contribution in [2.75, 3.05) is 0 Å². The van der Waals surface area contributed by atoms with E-state index < -0.39 is 17.5 Å². The number of thiazole rings is 1. The molecule has 0 bridgehead atoms. The van der Waals surface area contributed by atoms with E-state index in [9.17, 15) is 5.11 Å². The summed E-state index contributed by atoms with van der Waals surface area (Å²) < 4.78 is 34.7. The van der Waals surface area contributed by atoms with Crippen LogP contribution in [-0.4, -0.2) is 16.2 Å². The van der Waals surface area contributed by atoms with Crippen LogP contribution in [0.5, 0.6) is 28.7 Å². The largest absolute Gasteiger partial charge is 0.489 e. The summed E-state index contributed by atoms with van der Waals surface area (Å²) in [6, 6.07) is 57.8. The van der Waals surface area contributed by atoms with Crippen molar-refractivity contribution in [3.05, 3.63) is 209 Å². The number of benzene rings is 7. The molecule has 9 heteroatoms. The van der Waals surface area contributed by atoms with Crippen molar-refractivity contribution >= 4 is 33.3 Å². The number of hydrogen-bond acceptors (Lipinski definition) is 9. The first-order valence-electron chi connectivity index (χ1n) is 19.5. The maximum absolute atomic E-state index is 12.6. The number of rotatable bonds is 15. The Hall–Kier alpha value is -6.26. The molecule has 1 N–H and O–H groups in total. The Morgan fingerprint density at radius 1 is 0.542 bits per heavy atom. The Morgan fingerprint density at radius 3 is 1.66 bits per heavy atom. The molecule has 294 valence electrons. The number of aliphatic hydroxyl groups is 1. The molecule has 0 amide bonds. The maximum atomic E-state index is 12.6. The summed E-state index contributed by atoms with van der Waals surface area (Å²) in [5, 5.41) is 12.1. The Labute approximate surface area is 351 Å². The molecule has 0 spiro atoms. The highest BCUT2D eigenvalue weighted by Gasteiger charge is 2.42. The molecule has 1 aromatic heterocycles. The van der Waals surface area contributed by atoms with E-state index >= 15 is 0 Å². The molecule has 9 rings (SSSR count). The zero-order valence-corrected chi connectivity index (χ0v) is 33.7. The minimum Gasteiger partial charge on any atom is -0.489 e. The summed E-state index contributed by atoms with van der Waals surface area (Å²) in [6.07, 6.45) is -1.81. The Kier molecular flexibility index (Phi) is 11.8. The number of nitrogens with zero attached hydrogens (tertiary/aromatic N) is 1.